The van der Waals surface area contributed by atoms with Crippen molar-refractivity contribution in [2.75, 3.05) is 0 Å². The molecule has 0 spiro atoms. The van der Waals surface area contributed by atoms with E-state index in [2.05, 4.69) is 10.1 Å². The van der Waals surface area contributed by atoms with E-state index in [0.717, 1.165) is 28.1 Å². The molecular weight excluding hydrogens is 308 g/mol. The van der Waals surface area contributed by atoms with Gasteiger partial charge in [0.25, 0.3) is 0 Å². The molecule has 0 amide bonds. The van der Waals surface area contributed by atoms with Crippen LogP contribution in [0.25, 0.3) is 28.0 Å². The Morgan fingerprint density at radius 1 is 0.792 bits per heavy atom. The van der Waals surface area contributed by atoms with Crippen molar-refractivity contribution in [3.05, 3.63) is 78.1 Å². The maximum absolute atomic E-state index is 13.2. The Kier molecular flexibility index (Phi) is 3.34. The van der Waals surface area contributed by atoms with E-state index in [-0.39, 0.29) is 11.6 Å². The summed E-state index contributed by atoms with van der Waals surface area (Å²) in [6.07, 6.45) is 1.70. The number of hydrogen-bond acceptors (Lipinski definition) is 2. The number of benzene rings is 2. The molecule has 0 radical (unpaired) electrons. The van der Waals surface area contributed by atoms with Crippen molar-refractivity contribution in [1.29, 1.82) is 0 Å². The van der Waals surface area contributed by atoms with Gasteiger partial charge in [-0.2, -0.15) is 5.10 Å². The first-order valence-electron chi connectivity index (χ1n) is 7.50. The fourth-order valence-corrected chi connectivity index (χ4v) is 2.85. The summed E-state index contributed by atoms with van der Waals surface area (Å²) >= 11 is 0. The molecule has 24 heavy (non-hydrogen) atoms. The van der Waals surface area contributed by atoms with Crippen LogP contribution in [0.5, 0.6) is 0 Å². The minimum absolute atomic E-state index is 0.284. The van der Waals surface area contributed by atoms with E-state index < -0.39 is 0 Å². The Bertz CT molecular complexity index is 1020. The van der Waals surface area contributed by atoms with Gasteiger partial charge >= 0.3 is 0 Å². The Morgan fingerprint density at radius 3 is 2.00 bits per heavy atom. The quantitative estimate of drug-likeness (QED) is 0.538. The molecule has 0 atom stereocenters. The van der Waals surface area contributed by atoms with Crippen molar-refractivity contribution < 1.29 is 8.78 Å². The van der Waals surface area contributed by atoms with Crippen LogP contribution in [0.4, 0.5) is 8.78 Å². The summed E-state index contributed by atoms with van der Waals surface area (Å²) in [4.78, 5) is 4.44. The van der Waals surface area contributed by atoms with Crippen molar-refractivity contribution in [1.82, 2.24) is 14.6 Å². The molecule has 0 unspecified atom stereocenters. The van der Waals surface area contributed by atoms with Gasteiger partial charge in [0.05, 0.1) is 11.4 Å². The van der Waals surface area contributed by atoms with Crippen molar-refractivity contribution >= 4 is 5.65 Å². The fraction of sp³-hybridized carbons (Fsp3) is 0.0526. The van der Waals surface area contributed by atoms with Crippen LogP contribution in [0, 0.1) is 18.6 Å². The van der Waals surface area contributed by atoms with Crippen molar-refractivity contribution in [3.8, 4) is 22.4 Å². The zero-order chi connectivity index (χ0) is 16.7. The minimum atomic E-state index is -0.285. The average Bonchev–Trinajstić information content (AvgIpc) is 2.92. The average molecular weight is 321 g/mol. The number of aryl methyl sites for hydroxylation is 1. The van der Waals surface area contributed by atoms with Gasteiger partial charge in [0.1, 0.15) is 11.6 Å². The largest absolute Gasteiger partial charge is 0.236 e. The van der Waals surface area contributed by atoms with Gasteiger partial charge in [0.2, 0.25) is 0 Å². The van der Waals surface area contributed by atoms with E-state index in [1.54, 1.807) is 35.0 Å². The molecule has 0 bridgehead atoms. The summed E-state index contributed by atoms with van der Waals surface area (Å²) in [5.41, 5.74) is 4.85. The number of aromatic nitrogens is 3. The molecule has 4 aromatic rings. The highest BCUT2D eigenvalue weighted by Gasteiger charge is 2.15. The standard InChI is InChI=1S/C19H13F2N3/c1-12-18(14-4-8-16(21)9-5-14)19-22-11-10-17(24(19)23-12)13-2-6-15(20)7-3-13/h2-11H,1H3. The summed E-state index contributed by atoms with van der Waals surface area (Å²) < 4.78 is 28.1. The number of nitrogens with zero attached hydrogens (tertiary/aromatic N) is 3. The highest BCUT2D eigenvalue weighted by molar-refractivity contribution is 5.81. The molecule has 2 heterocycles. The van der Waals surface area contributed by atoms with E-state index in [4.69, 9.17) is 0 Å². The molecule has 0 saturated carbocycles. The minimum Gasteiger partial charge on any atom is -0.236 e. The summed E-state index contributed by atoms with van der Waals surface area (Å²) in [5.74, 6) is -0.569. The first kappa shape index (κ1) is 14.5. The predicted octanol–water partition coefficient (Wildman–Crippen LogP) is 4.65. The topological polar surface area (TPSA) is 30.2 Å². The maximum Gasteiger partial charge on any atom is 0.163 e. The van der Waals surface area contributed by atoms with Crippen molar-refractivity contribution in [3.63, 3.8) is 0 Å². The van der Waals surface area contributed by atoms with Crippen LogP contribution in [0.3, 0.4) is 0 Å². The Hall–Kier alpha value is -3.08. The molecule has 3 nitrogen and oxygen atoms in total. The second-order valence-corrected chi connectivity index (χ2v) is 5.54. The van der Waals surface area contributed by atoms with Gasteiger partial charge in [-0.25, -0.2) is 18.3 Å². The molecule has 0 aliphatic carbocycles. The monoisotopic (exact) mass is 321 g/mol. The first-order valence-corrected chi connectivity index (χ1v) is 7.50. The molecule has 0 saturated heterocycles. The molecule has 0 aliphatic rings. The highest BCUT2D eigenvalue weighted by Crippen LogP contribution is 2.30. The van der Waals surface area contributed by atoms with Gasteiger partial charge in [-0.3, -0.25) is 0 Å². The van der Waals surface area contributed by atoms with Gasteiger partial charge in [-0.1, -0.05) is 12.1 Å². The van der Waals surface area contributed by atoms with Gasteiger partial charge in [-0.15, -0.1) is 0 Å². The smallest absolute Gasteiger partial charge is 0.163 e. The summed E-state index contributed by atoms with van der Waals surface area (Å²) in [7, 11) is 0. The zero-order valence-electron chi connectivity index (χ0n) is 12.9. The van der Waals surface area contributed by atoms with Gasteiger partial charge in [0, 0.05) is 17.3 Å². The normalized spacial score (nSPS) is 11.1. The van der Waals surface area contributed by atoms with Gasteiger partial charge in [-0.05, 0) is 55.0 Å². The highest BCUT2D eigenvalue weighted by atomic mass is 19.1. The molecular formula is C19H13F2N3. The van der Waals surface area contributed by atoms with Crippen molar-refractivity contribution in [2.24, 2.45) is 0 Å². The van der Waals surface area contributed by atoms with E-state index in [1.807, 2.05) is 13.0 Å². The van der Waals surface area contributed by atoms with Crippen LogP contribution >= 0.6 is 0 Å². The lowest BCUT2D eigenvalue weighted by atomic mass is 10.1. The van der Waals surface area contributed by atoms with Crippen LogP contribution in [-0.4, -0.2) is 14.6 Å². The van der Waals surface area contributed by atoms with E-state index >= 15 is 0 Å². The summed E-state index contributed by atoms with van der Waals surface area (Å²) in [5, 5.41) is 4.58. The SMILES string of the molecule is Cc1nn2c(-c3ccc(F)cc3)ccnc2c1-c1ccc(F)cc1. The molecule has 2 aromatic heterocycles. The second kappa shape index (κ2) is 5.53. The van der Waals surface area contributed by atoms with E-state index in [0.29, 0.717) is 5.65 Å². The fourth-order valence-electron chi connectivity index (χ4n) is 2.85. The number of fused-ring (bicyclic) bond motifs is 1. The van der Waals surface area contributed by atoms with Crippen LogP contribution in [0.2, 0.25) is 0 Å². The maximum atomic E-state index is 13.2. The number of halogens is 2. The number of rotatable bonds is 2. The Labute approximate surface area is 137 Å². The molecule has 0 aliphatic heterocycles. The predicted molar refractivity (Wildman–Crippen MR) is 88.5 cm³/mol. The van der Waals surface area contributed by atoms with Crippen LogP contribution < -0.4 is 0 Å². The third-order valence-electron chi connectivity index (χ3n) is 3.97. The van der Waals surface area contributed by atoms with Gasteiger partial charge in [0.15, 0.2) is 5.65 Å². The Balaban J connectivity index is 1.95. The lowest BCUT2D eigenvalue weighted by Gasteiger charge is -2.05. The van der Waals surface area contributed by atoms with Crippen molar-refractivity contribution in [2.45, 2.75) is 6.92 Å². The number of hydrogen-bond donors (Lipinski definition) is 0. The first-order chi connectivity index (χ1) is 11.6. The lowest BCUT2D eigenvalue weighted by Crippen LogP contribution is -1.96. The van der Waals surface area contributed by atoms with Crippen LogP contribution in [0.1, 0.15) is 5.69 Å². The molecule has 118 valence electrons. The molecule has 0 N–H and O–H groups in total. The molecule has 2 aromatic carbocycles. The van der Waals surface area contributed by atoms with Crippen LogP contribution in [0.15, 0.2) is 60.8 Å². The lowest BCUT2D eigenvalue weighted by molar-refractivity contribution is 0.627. The van der Waals surface area contributed by atoms with Crippen LogP contribution in [-0.2, 0) is 0 Å². The van der Waals surface area contributed by atoms with Gasteiger partial charge < -0.3 is 0 Å². The second-order valence-electron chi connectivity index (χ2n) is 5.54. The summed E-state index contributed by atoms with van der Waals surface area (Å²) in [6.45, 7) is 1.89. The summed E-state index contributed by atoms with van der Waals surface area (Å²) in [6, 6.07) is 14.3. The molecule has 5 heteroatoms. The molecule has 0 fully saturated rings. The third kappa shape index (κ3) is 2.34. The van der Waals surface area contributed by atoms with E-state index in [9.17, 15) is 8.78 Å². The van der Waals surface area contributed by atoms with E-state index in [1.165, 1.54) is 24.3 Å². The zero-order valence-corrected chi connectivity index (χ0v) is 12.9. The molecule has 4 rings (SSSR count). The third-order valence-corrected chi connectivity index (χ3v) is 3.97. The Morgan fingerprint density at radius 2 is 1.38 bits per heavy atom.